The van der Waals surface area contributed by atoms with E-state index >= 15 is 0 Å². The number of para-hydroxylation sites is 1. The number of ether oxygens (including phenoxy) is 1. The van der Waals surface area contributed by atoms with E-state index in [2.05, 4.69) is 59.6 Å². The summed E-state index contributed by atoms with van der Waals surface area (Å²) < 4.78 is 5.52. The first-order valence-electron chi connectivity index (χ1n) is 10.9. The van der Waals surface area contributed by atoms with Crippen LogP contribution in [0.4, 0.5) is 4.79 Å². The van der Waals surface area contributed by atoms with Gasteiger partial charge in [-0.25, -0.2) is 4.79 Å². The summed E-state index contributed by atoms with van der Waals surface area (Å²) in [4.78, 5) is 19.3. The van der Waals surface area contributed by atoms with E-state index < -0.39 is 5.60 Å². The summed E-state index contributed by atoms with van der Waals surface area (Å²) >= 11 is 0. The fraction of sp³-hybridized carbons (Fsp3) is 0.400. The maximum absolute atomic E-state index is 12.3. The van der Waals surface area contributed by atoms with Gasteiger partial charge in [-0.2, -0.15) is 0 Å². The molecule has 2 aromatic carbocycles. The van der Waals surface area contributed by atoms with E-state index in [4.69, 9.17) is 4.74 Å². The number of carbonyl (C=O) groups excluding carboxylic acids is 1. The van der Waals surface area contributed by atoms with Crippen molar-refractivity contribution in [3.8, 4) is 11.3 Å². The summed E-state index contributed by atoms with van der Waals surface area (Å²) in [5.74, 6) is 0. The van der Waals surface area contributed by atoms with Crippen molar-refractivity contribution in [2.24, 2.45) is 0 Å². The molecule has 5 nitrogen and oxygen atoms in total. The predicted octanol–water partition coefficient (Wildman–Crippen LogP) is 3.51. The van der Waals surface area contributed by atoms with Gasteiger partial charge in [-0.05, 0) is 38.0 Å². The Morgan fingerprint density at radius 3 is 2.40 bits per heavy atom. The molecule has 1 saturated heterocycles. The van der Waals surface area contributed by atoms with Crippen LogP contribution in [0.1, 0.15) is 26.3 Å². The topological polar surface area (TPSA) is 49.8 Å². The SMILES string of the molecule is CC(C)(C)OC(=O)N1CC[NH+](CCc2c(-c3ccccc3)[nH]c3ccccc23)CC1. The van der Waals surface area contributed by atoms with Crippen LogP contribution in [0.5, 0.6) is 0 Å². The van der Waals surface area contributed by atoms with Gasteiger partial charge in [0.05, 0.1) is 32.7 Å². The van der Waals surface area contributed by atoms with Crippen LogP contribution in [-0.2, 0) is 11.2 Å². The molecule has 0 atom stereocenters. The number of nitrogens with one attached hydrogen (secondary N) is 2. The number of hydrogen-bond donors (Lipinski definition) is 2. The number of quaternary nitrogens is 1. The number of H-pyrrole nitrogens is 1. The molecule has 0 aliphatic carbocycles. The highest BCUT2D eigenvalue weighted by atomic mass is 16.6. The molecule has 0 unspecified atom stereocenters. The second-order valence-electron chi connectivity index (χ2n) is 9.11. The van der Waals surface area contributed by atoms with E-state index in [0.717, 1.165) is 39.1 Å². The fourth-order valence-electron chi connectivity index (χ4n) is 4.19. The molecule has 1 aromatic heterocycles. The number of piperazine rings is 1. The summed E-state index contributed by atoms with van der Waals surface area (Å²) in [6.07, 6.45) is 0.820. The molecule has 0 bridgehead atoms. The molecule has 2 heterocycles. The van der Waals surface area contributed by atoms with Gasteiger partial charge in [0.25, 0.3) is 0 Å². The third-order valence-electron chi connectivity index (χ3n) is 5.73. The Balaban J connectivity index is 1.43. The van der Waals surface area contributed by atoms with Crippen molar-refractivity contribution in [3.63, 3.8) is 0 Å². The standard InChI is InChI=1S/C25H31N3O2/c1-25(2,3)30-24(29)28-17-15-27(16-18-28)14-13-21-20-11-7-8-12-22(20)26-23(21)19-9-5-4-6-10-19/h4-12,26H,13-18H2,1-3H3/p+1. The van der Waals surface area contributed by atoms with Gasteiger partial charge in [-0.1, -0.05) is 48.5 Å². The molecule has 3 aromatic rings. The van der Waals surface area contributed by atoms with Gasteiger partial charge >= 0.3 is 6.09 Å². The lowest BCUT2D eigenvalue weighted by atomic mass is 10.0. The van der Waals surface area contributed by atoms with E-state index in [0.29, 0.717) is 0 Å². The van der Waals surface area contributed by atoms with Crippen LogP contribution < -0.4 is 4.90 Å². The number of aromatic nitrogens is 1. The lowest BCUT2D eigenvalue weighted by molar-refractivity contribution is -0.903. The van der Waals surface area contributed by atoms with E-state index in [9.17, 15) is 4.79 Å². The Labute approximate surface area is 178 Å². The van der Waals surface area contributed by atoms with E-state index in [-0.39, 0.29) is 6.09 Å². The molecule has 4 rings (SSSR count). The number of nitrogens with zero attached hydrogens (tertiary/aromatic N) is 1. The average molecular weight is 407 g/mol. The Morgan fingerprint density at radius 1 is 1.03 bits per heavy atom. The third kappa shape index (κ3) is 4.68. The molecule has 1 aliphatic rings. The number of rotatable bonds is 4. The summed E-state index contributed by atoms with van der Waals surface area (Å²) in [6, 6.07) is 19.1. The number of benzene rings is 2. The Bertz CT molecular complexity index is 996. The minimum atomic E-state index is -0.440. The molecule has 0 spiro atoms. The van der Waals surface area contributed by atoms with Crippen LogP contribution in [-0.4, -0.2) is 54.3 Å². The zero-order valence-corrected chi connectivity index (χ0v) is 18.2. The summed E-state index contributed by atoms with van der Waals surface area (Å²) in [5, 5.41) is 1.31. The van der Waals surface area contributed by atoms with Crippen molar-refractivity contribution in [3.05, 3.63) is 60.2 Å². The van der Waals surface area contributed by atoms with Gasteiger partial charge in [0.2, 0.25) is 0 Å². The van der Waals surface area contributed by atoms with Crippen molar-refractivity contribution in [2.45, 2.75) is 32.8 Å². The highest BCUT2D eigenvalue weighted by molar-refractivity contribution is 5.90. The highest BCUT2D eigenvalue weighted by Crippen LogP contribution is 2.30. The van der Waals surface area contributed by atoms with E-state index in [1.165, 1.54) is 27.7 Å². The molecule has 1 aliphatic heterocycles. The van der Waals surface area contributed by atoms with Crippen LogP contribution in [0, 0.1) is 0 Å². The summed E-state index contributed by atoms with van der Waals surface area (Å²) in [5.41, 5.74) is 4.59. The second-order valence-corrected chi connectivity index (χ2v) is 9.11. The van der Waals surface area contributed by atoms with E-state index in [1.54, 1.807) is 4.90 Å². The van der Waals surface area contributed by atoms with Crippen LogP contribution in [0.25, 0.3) is 22.2 Å². The normalized spacial score (nSPS) is 15.5. The van der Waals surface area contributed by atoms with Gasteiger partial charge < -0.3 is 14.6 Å². The average Bonchev–Trinajstić information content (AvgIpc) is 3.11. The van der Waals surface area contributed by atoms with Crippen molar-refractivity contribution < 1.29 is 14.4 Å². The predicted molar refractivity (Wildman–Crippen MR) is 121 cm³/mol. The van der Waals surface area contributed by atoms with Crippen LogP contribution >= 0.6 is 0 Å². The number of fused-ring (bicyclic) bond motifs is 1. The van der Waals surface area contributed by atoms with Gasteiger partial charge in [0, 0.05) is 23.0 Å². The second kappa shape index (κ2) is 8.52. The maximum Gasteiger partial charge on any atom is 0.410 e. The van der Waals surface area contributed by atoms with Crippen molar-refractivity contribution >= 4 is 17.0 Å². The van der Waals surface area contributed by atoms with Crippen molar-refractivity contribution in [2.75, 3.05) is 32.7 Å². The zero-order valence-electron chi connectivity index (χ0n) is 18.2. The number of aromatic amines is 1. The smallest absolute Gasteiger partial charge is 0.410 e. The summed E-state index contributed by atoms with van der Waals surface area (Å²) in [6.45, 7) is 10.2. The molecule has 30 heavy (non-hydrogen) atoms. The Morgan fingerprint density at radius 2 is 1.70 bits per heavy atom. The van der Waals surface area contributed by atoms with Gasteiger partial charge in [0.1, 0.15) is 5.60 Å². The van der Waals surface area contributed by atoms with Crippen LogP contribution in [0.2, 0.25) is 0 Å². The van der Waals surface area contributed by atoms with Crippen molar-refractivity contribution in [1.29, 1.82) is 0 Å². The third-order valence-corrected chi connectivity index (χ3v) is 5.73. The van der Waals surface area contributed by atoms with Gasteiger partial charge in [-0.3, -0.25) is 4.90 Å². The lowest BCUT2D eigenvalue weighted by Crippen LogP contribution is -3.15. The molecule has 158 valence electrons. The quantitative estimate of drug-likeness (QED) is 0.697. The number of amides is 1. The van der Waals surface area contributed by atoms with E-state index in [1.807, 2.05) is 25.7 Å². The first-order chi connectivity index (χ1) is 14.4. The monoisotopic (exact) mass is 406 g/mol. The van der Waals surface area contributed by atoms with Gasteiger partial charge in [-0.15, -0.1) is 0 Å². The maximum atomic E-state index is 12.3. The molecule has 0 radical (unpaired) electrons. The molecule has 1 fully saturated rings. The minimum absolute atomic E-state index is 0.190. The molecule has 5 heteroatoms. The molecule has 1 amide bonds. The molecule has 0 saturated carbocycles. The lowest BCUT2D eigenvalue weighted by Gasteiger charge is -2.33. The largest absolute Gasteiger partial charge is 0.444 e. The zero-order chi connectivity index (χ0) is 21.1. The van der Waals surface area contributed by atoms with Gasteiger partial charge in [0.15, 0.2) is 0 Å². The number of hydrogen-bond acceptors (Lipinski definition) is 2. The minimum Gasteiger partial charge on any atom is -0.444 e. The van der Waals surface area contributed by atoms with Crippen LogP contribution in [0.3, 0.4) is 0 Å². The highest BCUT2D eigenvalue weighted by Gasteiger charge is 2.27. The fourth-order valence-corrected chi connectivity index (χ4v) is 4.19. The first kappa shape index (κ1) is 20.5. The number of carbonyl (C=O) groups is 1. The molecular weight excluding hydrogens is 374 g/mol. The first-order valence-corrected chi connectivity index (χ1v) is 10.9. The Hall–Kier alpha value is -2.79. The molecule has 2 N–H and O–H groups in total. The van der Waals surface area contributed by atoms with Crippen molar-refractivity contribution in [1.82, 2.24) is 9.88 Å². The molecular formula is C25H32N3O2+. The van der Waals surface area contributed by atoms with Crippen LogP contribution in [0.15, 0.2) is 54.6 Å². The summed E-state index contributed by atoms with van der Waals surface area (Å²) in [7, 11) is 0. The Kier molecular flexibility index (Phi) is 5.82.